The number of unbranched alkanes of at least 4 members (excludes halogenated alkanes) is 4. The van der Waals surface area contributed by atoms with Gasteiger partial charge < -0.3 is 100 Å². The maximum Gasteiger partial charge on any atom is 0.407 e. The number of amides is 12. The lowest BCUT2D eigenvalue weighted by Crippen LogP contribution is -2.57. The third-order valence-electron chi connectivity index (χ3n) is 24.9. The lowest BCUT2D eigenvalue weighted by molar-refractivity contribution is -0.155. The monoisotopic (exact) mass is 2050 g/mol. The average Bonchev–Trinajstić information content (AvgIpc) is 0.823. The van der Waals surface area contributed by atoms with Crippen molar-refractivity contribution in [2.75, 3.05) is 80.9 Å². The van der Waals surface area contributed by atoms with Gasteiger partial charge in [0.1, 0.15) is 72.8 Å². The number of aliphatic hydroxyl groups is 1. The lowest BCUT2D eigenvalue weighted by Gasteiger charge is -2.33. The maximum absolute atomic E-state index is 14.3. The fourth-order valence-corrected chi connectivity index (χ4v) is 16.1. The molecule has 796 valence electrons. The van der Waals surface area contributed by atoms with E-state index in [0.717, 1.165) is 9.80 Å². The molecule has 0 aliphatic carbocycles. The Morgan fingerprint density at radius 3 is 1.15 bits per heavy atom. The summed E-state index contributed by atoms with van der Waals surface area (Å²) in [5, 5.41) is 31.6. The number of nitrogens with one attached hydrogen (secondary N) is 8. The van der Waals surface area contributed by atoms with Crippen molar-refractivity contribution in [3.63, 3.8) is 0 Å². The zero-order valence-corrected chi connectivity index (χ0v) is 90.3. The first-order chi connectivity index (χ1) is 66.5. The molecule has 142 heavy (non-hydrogen) atoms. The van der Waals surface area contributed by atoms with Crippen LogP contribution in [0.1, 0.15) is 227 Å². The van der Waals surface area contributed by atoms with Gasteiger partial charge in [0.25, 0.3) is 11.8 Å². The van der Waals surface area contributed by atoms with E-state index in [0.29, 0.717) is 90.3 Å². The summed E-state index contributed by atoms with van der Waals surface area (Å²) in [4.78, 5) is 226. The van der Waals surface area contributed by atoms with Gasteiger partial charge in [-0.3, -0.25) is 52.5 Å². The van der Waals surface area contributed by atoms with E-state index in [2.05, 4.69) is 42.5 Å². The number of likely N-dealkylation sites (N-methyl/N-ethyl adjacent to an activating group) is 4. The number of cyclic esters (lactones) is 4. The molecule has 2 unspecified atom stereocenters. The largest absolute Gasteiger partial charge is 0.456 e. The van der Waals surface area contributed by atoms with Gasteiger partial charge in [-0.1, -0.05) is 154 Å². The molecule has 4 rings (SSSR count). The Kier molecular flexibility index (Phi) is 55.4. The van der Waals surface area contributed by atoms with Crippen LogP contribution in [0.5, 0.6) is 0 Å². The second-order valence-electron chi connectivity index (χ2n) is 38.2. The van der Waals surface area contributed by atoms with Gasteiger partial charge in [-0.05, 0) is 191 Å². The van der Waals surface area contributed by atoms with E-state index in [-0.39, 0.29) is 81.2 Å². The van der Waals surface area contributed by atoms with Crippen LogP contribution in [-0.4, -0.2) is 286 Å². The first kappa shape index (κ1) is 125. The molecule has 40 heteroatoms. The van der Waals surface area contributed by atoms with Gasteiger partial charge in [-0.2, -0.15) is 0 Å². The molecule has 0 radical (unpaired) electrons. The zero-order valence-electron chi connectivity index (χ0n) is 87.9. The highest BCUT2D eigenvalue weighted by atomic mass is 35.5. The highest BCUT2D eigenvalue weighted by Gasteiger charge is 2.42. The number of halogens is 2. The molecule has 0 saturated heterocycles. The van der Waals surface area contributed by atoms with Crippen LogP contribution in [0.25, 0.3) is 0 Å². The third kappa shape index (κ3) is 43.4. The van der Waals surface area contributed by atoms with Gasteiger partial charge in [-0.15, -0.1) is 0 Å². The summed E-state index contributed by atoms with van der Waals surface area (Å²) in [6.45, 7) is 36.5. The second-order valence-corrected chi connectivity index (χ2v) is 41.9. The van der Waals surface area contributed by atoms with Crippen LogP contribution >= 0.6 is 30.6 Å². The Morgan fingerprint density at radius 1 is 0.493 bits per heavy atom. The number of hydrogen-bond donors (Lipinski definition) is 9. The highest BCUT2D eigenvalue weighted by Crippen LogP contribution is 2.37. The number of esters is 4. The third-order valence-corrected chi connectivity index (χ3v) is 26.2. The molecule has 37 nitrogen and oxygen atoms in total. The molecule has 9 N–H and O–H groups in total. The first-order valence-electron chi connectivity index (χ1n) is 49.0. The Hall–Kier alpha value is -10.8. The molecule has 0 bridgehead atoms. The van der Waals surface area contributed by atoms with Crippen LogP contribution < -0.4 is 42.5 Å². The average molecular weight is 2060 g/mol. The number of benzene rings is 2. The van der Waals surface area contributed by atoms with Gasteiger partial charge in [-0.25, -0.2) is 28.8 Å². The summed E-state index contributed by atoms with van der Waals surface area (Å²) in [5.74, 6) is -12.7. The number of nitrogens with zero attached hydrogens (tertiary/aromatic N) is 4. The molecule has 0 aromatic heterocycles. The van der Waals surface area contributed by atoms with Crippen LogP contribution in [0.3, 0.4) is 0 Å². The second kappa shape index (κ2) is 62.7. The van der Waals surface area contributed by atoms with Crippen molar-refractivity contribution in [3.8, 4) is 0 Å². The van der Waals surface area contributed by atoms with E-state index in [9.17, 15) is 81.3 Å². The number of carbonyl (C=O) groups excluding carboxylic acids is 16. The van der Waals surface area contributed by atoms with E-state index in [1.54, 1.807) is 129 Å². The van der Waals surface area contributed by atoms with E-state index in [1.165, 1.54) is 91.7 Å². The van der Waals surface area contributed by atoms with Crippen molar-refractivity contribution in [2.24, 2.45) is 35.5 Å². The van der Waals surface area contributed by atoms with Crippen molar-refractivity contribution < 1.29 is 119 Å². The van der Waals surface area contributed by atoms with E-state index in [4.69, 9.17) is 61.3 Å². The molecule has 0 spiro atoms. The summed E-state index contributed by atoms with van der Waals surface area (Å²) in [6.07, 6.45) is 2.89. The predicted molar refractivity (Wildman–Crippen MR) is 541 cm³/mol. The SMILES string of the molecule is C/C=C(\C)[C@H]1OC(=O)[C@@H](C)NC(=O)[C@H](C(C)CC)NC(=O)CN(C)C(=O)[C@@H](Cc2ccc(Cl)cc2)N(C)C(=O)[C@H](C)NC(=O)[C@@H](CC(C)C)OC(=O)/C(C)=C/C[C@H](OC(=O)NCCCCCO)[C@@H]1C.C/C=C(\C)[C@H]1OC(=O)[C@@H](C)NC(=O)[C@H](C(C)CC)NC(=O)CN(C)C(=O)[C@@H](Cc2ccc(Cl)cc2)N(C)C(=O)[C@H](C)NC(=O)[C@@H](CC(C)C)OC(=O)/C(C)=C/C[C@H](OC(=O)NCCCCCOP(C)(C)=O)[C@@H]1C. The minimum absolute atomic E-state index is 0.000647. The number of allylic oxidation sites excluding steroid dienone is 2. The molecule has 12 amide bonds. The molecular weight excluding hydrogens is 1900 g/mol. The Bertz CT molecular complexity index is 4720. The summed E-state index contributed by atoms with van der Waals surface area (Å²) in [6, 6.07) is 3.83. The Balaban J connectivity index is 0.000000731. The minimum Gasteiger partial charge on any atom is -0.456 e. The van der Waals surface area contributed by atoms with Crippen LogP contribution in [0.2, 0.25) is 10.0 Å². The van der Waals surface area contributed by atoms with Crippen molar-refractivity contribution in [3.05, 3.63) is 116 Å². The van der Waals surface area contributed by atoms with Crippen molar-refractivity contribution in [2.45, 2.75) is 313 Å². The number of alkyl carbamates (subject to hydrolysis) is 2. The first-order valence-corrected chi connectivity index (χ1v) is 52.3. The summed E-state index contributed by atoms with van der Waals surface area (Å²) < 4.78 is 52.8. The topological polar surface area (TPSA) is 484 Å². The smallest absolute Gasteiger partial charge is 0.407 e. The van der Waals surface area contributed by atoms with Gasteiger partial charge >= 0.3 is 36.1 Å². The molecular formula is C102H159Cl2N12O25P. The van der Waals surface area contributed by atoms with Gasteiger partial charge in [0.15, 0.2) is 19.6 Å². The molecule has 2 aliphatic rings. The number of ether oxygens (including phenoxy) is 6. The van der Waals surface area contributed by atoms with Gasteiger partial charge in [0.05, 0.1) is 19.7 Å². The van der Waals surface area contributed by atoms with Crippen molar-refractivity contribution in [1.29, 1.82) is 0 Å². The van der Waals surface area contributed by atoms with Gasteiger partial charge in [0, 0.05) is 120 Å². The summed E-state index contributed by atoms with van der Waals surface area (Å²) in [5.41, 5.74) is 2.63. The lowest BCUT2D eigenvalue weighted by atomic mass is 9.90. The molecule has 0 fully saturated rings. The van der Waals surface area contributed by atoms with Crippen LogP contribution in [0.4, 0.5) is 9.59 Å². The Morgan fingerprint density at radius 2 is 0.831 bits per heavy atom. The van der Waals surface area contributed by atoms with E-state index in [1.807, 2.05) is 41.5 Å². The van der Waals surface area contributed by atoms with Crippen LogP contribution in [-0.2, 0) is 117 Å². The minimum atomic E-state index is -2.61. The fourth-order valence-electron chi connectivity index (χ4n) is 15.2. The van der Waals surface area contributed by atoms with Crippen molar-refractivity contribution in [1.82, 2.24) is 62.1 Å². The molecule has 2 aromatic rings. The number of hydrogen-bond acceptors (Lipinski definition) is 25. The molecule has 2 heterocycles. The quantitative estimate of drug-likeness (QED) is 0.0126. The maximum atomic E-state index is 14.3. The highest BCUT2D eigenvalue weighted by molar-refractivity contribution is 7.57. The predicted octanol–water partition coefficient (Wildman–Crippen LogP) is 11.1. The normalized spacial score (nSPS) is 25.9. The zero-order chi connectivity index (χ0) is 107. The summed E-state index contributed by atoms with van der Waals surface area (Å²) in [7, 11) is 2.98. The van der Waals surface area contributed by atoms with Crippen LogP contribution in [0, 0.1) is 35.5 Å². The summed E-state index contributed by atoms with van der Waals surface area (Å²) >= 11 is 12.3. The van der Waals surface area contributed by atoms with Gasteiger partial charge in [0.2, 0.25) is 47.3 Å². The molecule has 18 atom stereocenters. The fraction of sp³-hybridized carbons (Fsp3) is 0.647. The number of carbonyl (C=O) groups is 16. The van der Waals surface area contributed by atoms with E-state index < -0.39 is 224 Å². The van der Waals surface area contributed by atoms with Crippen LogP contribution in [0.15, 0.2) is 95.1 Å². The molecule has 2 aromatic carbocycles. The van der Waals surface area contributed by atoms with Crippen molar-refractivity contribution >= 4 is 126 Å². The Labute approximate surface area is 848 Å². The molecule has 0 saturated carbocycles. The molecule has 2 aliphatic heterocycles. The number of aliphatic hydroxyl groups excluding tert-OH is 1. The standard InChI is InChI=1S/C52H82ClN6O13P.C50H77ClN6O12/c1-15-32(5)44-47(62)56-37(10)51(66)72-45(33(6)16-2)35(8)41(71-52(67)54-26-18-17-19-27-69-73(13,14)68)25-20-34(7)50(65)70-42(28-31(3)4)46(61)55-36(9)48(63)59(12)40(29-38-21-23-39(53)24-22-38)49(64)58(11)30-43(60)57-44;1-13-30(5)42-45(61)54-35(10)49(65)69-43(31(6)14-2)33(8)39(68-50(66)52-24-16-15-17-25-58)23-18-32(7)48(64)67-40(26-29(3)4)44(60)53-34(9)46(62)57(12)38(27-36-19-21-37(51)22-20-36)47(63)56(11)28-41(59)55-42/h16,20-24,31-32,35-37,40-42,44-45H,15,17-19,25-30H2,1-14H3,(H,54,67)(H,55,61)(H,56,62)(H,57,60);14,18-22,29-30,33-35,38-40,42-43,58H,13,15-17,23-28H2,1-12H3,(H,52,66)(H,53,60)(H,54,61)(H,55,59)/b33-16+,34-20+;31-14+,32-18+/t32?,35-,36-,37+,40+,41-,42+,44-,45+;30?,33-,34-,35+,38+,39-,40+,42-,43+/m00/s1. The number of rotatable bonds is 28. The van der Waals surface area contributed by atoms with E-state index >= 15 is 0 Å².